The highest BCUT2D eigenvalue weighted by atomic mass is 19.1. The highest BCUT2D eigenvalue weighted by Gasteiger charge is 2.24. The smallest absolute Gasteiger partial charge is 0.333 e. The lowest BCUT2D eigenvalue weighted by Gasteiger charge is -2.15. The fourth-order valence-corrected chi connectivity index (χ4v) is 2.08. The average molecular weight is 251 g/mol. The summed E-state index contributed by atoms with van der Waals surface area (Å²) >= 11 is 0. The predicted molar refractivity (Wildman–Crippen MR) is 61.4 cm³/mol. The molecule has 0 radical (unpaired) electrons. The normalized spacial score (nSPS) is 19.6. The third-order valence-electron chi connectivity index (χ3n) is 2.99. The van der Waals surface area contributed by atoms with E-state index in [-0.39, 0.29) is 17.9 Å². The quantitative estimate of drug-likeness (QED) is 0.591. The van der Waals surface area contributed by atoms with Crippen molar-refractivity contribution in [1.82, 2.24) is 14.6 Å². The molecule has 18 heavy (non-hydrogen) atoms. The highest BCUT2D eigenvalue weighted by Crippen LogP contribution is 2.23. The predicted octanol–water partition coefficient (Wildman–Crippen LogP) is 1.19. The molecule has 3 rings (SSSR count). The van der Waals surface area contributed by atoms with Gasteiger partial charge in [0, 0.05) is 12.7 Å². The SMILES string of the molecule is O=[N+]([O-])c1cnn2ccc(N3CCC(F)C3)nc12. The zero-order valence-electron chi connectivity index (χ0n) is 9.36. The van der Waals surface area contributed by atoms with Crippen molar-refractivity contribution in [3.63, 3.8) is 0 Å². The van der Waals surface area contributed by atoms with Crippen LogP contribution in [0, 0.1) is 10.1 Å². The van der Waals surface area contributed by atoms with Crippen molar-refractivity contribution < 1.29 is 9.31 Å². The maximum absolute atomic E-state index is 13.1. The Bertz CT molecular complexity index is 613. The summed E-state index contributed by atoms with van der Waals surface area (Å²) in [6, 6.07) is 1.68. The Labute approximate surface area is 101 Å². The fourth-order valence-electron chi connectivity index (χ4n) is 2.08. The minimum absolute atomic E-state index is 0.146. The Morgan fingerprint density at radius 3 is 3.06 bits per heavy atom. The molecule has 0 N–H and O–H groups in total. The van der Waals surface area contributed by atoms with E-state index < -0.39 is 11.1 Å². The molecule has 1 unspecified atom stereocenters. The van der Waals surface area contributed by atoms with E-state index in [1.807, 2.05) is 0 Å². The van der Waals surface area contributed by atoms with E-state index in [0.29, 0.717) is 18.8 Å². The summed E-state index contributed by atoms with van der Waals surface area (Å²) in [5, 5.41) is 14.6. The number of nitrogens with zero attached hydrogens (tertiary/aromatic N) is 5. The van der Waals surface area contributed by atoms with Crippen LogP contribution in [0.3, 0.4) is 0 Å². The second kappa shape index (κ2) is 3.90. The monoisotopic (exact) mass is 251 g/mol. The summed E-state index contributed by atoms with van der Waals surface area (Å²) in [5.41, 5.74) is 0.0349. The second-order valence-corrected chi connectivity index (χ2v) is 4.17. The molecule has 2 aromatic heterocycles. The van der Waals surface area contributed by atoms with Crippen LogP contribution < -0.4 is 4.90 Å². The topological polar surface area (TPSA) is 76.6 Å². The number of hydrogen-bond acceptors (Lipinski definition) is 5. The van der Waals surface area contributed by atoms with Crippen LogP contribution in [0.15, 0.2) is 18.5 Å². The first kappa shape index (κ1) is 10.9. The van der Waals surface area contributed by atoms with Crippen molar-refractivity contribution in [3.8, 4) is 0 Å². The maximum Gasteiger partial charge on any atom is 0.333 e. The van der Waals surface area contributed by atoms with Crippen LogP contribution in [0.1, 0.15) is 6.42 Å². The van der Waals surface area contributed by atoms with Crippen LogP contribution in [0.4, 0.5) is 15.9 Å². The molecule has 0 bridgehead atoms. The lowest BCUT2D eigenvalue weighted by Crippen LogP contribution is -2.21. The summed E-state index contributed by atoms with van der Waals surface area (Å²) in [4.78, 5) is 16.2. The molecular formula is C10H10FN5O2. The number of hydrogen-bond donors (Lipinski definition) is 0. The number of aromatic nitrogens is 3. The van der Waals surface area contributed by atoms with Crippen molar-refractivity contribution in [2.24, 2.45) is 0 Å². The third kappa shape index (κ3) is 1.66. The summed E-state index contributed by atoms with van der Waals surface area (Å²) in [6.45, 7) is 0.859. The molecule has 7 nitrogen and oxygen atoms in total. The number of alkyl halides is 1. The van der Waals surface area contributed by atoms with E-state index in [1.54, 1.807) is 17.2 Å². The Morgan fingerprint density at radius 1 is 1.56 bits per heavy atom. The van der Waals surface area contributed by atoms with E-state index in [4.69, 9.17) is 0 Å². The van der Waals surface area contributed by atoms with Crippen LogP contribution in [0.2, 0.25) is 0 Å². The second-order valence-electron chi connectivity index (χ2n) is 4.17. The van der Waals surface area contributed by atoms with Gasteiger partial charge in [-0.2, -0.15) is 5.10 Å². The van der Waals surface area contributed by atoms with Crippen LogP contribution >= 0.6 is 0 Å². The van der Waals surface area contributed by atoms with Gasteiger partial charge in [-0.3, -0.25) is 10.1 Å². The Kier molecular flexibility index (Phi) is 2.35. The summed E-state index contributed by atoms with van der Waals surface area (Å²) < 4.78 is 14.5. The molecule has 1 aliphatic rings. The van der Waals surface area contributed by atoms with Crippen LogP contribution in [-0.4, -0.2) is 38.8 Å². The van der Waals surface area contributed by atoms with E-state index in [2.05, 4.69) is 10.1 Å². The van der Waals surface area contributed by atoms with Gasteiger partial charge in [0.2, 0.25) is 5.65 Å². The third-order valence-corrected chi connectivity index (χ3v) is 2.99. The number of rotatable bonds is 2. The van der Waals surface area contributed by atoms with Gasteiger partial charge in [-0.1, -0.05) is 0 Å². The summed E-state index contributed by atoms with van der Waals surface area (Å²) in [7, 11) is 0. The summed E-state index contributed by atoms with van der Waals surface area (Å²) in [6.07, 6.45) is 2.36. The number of anilines is 1. The van der Waals surface area contributed by atoms with E-state index in [0.717, 1.165) is 6.20 Å². The van der Waals surface area contributed by atoms with Gasteiger partial charge >= 0.3 is 5.69 Å². The highest BCUT2D eigenvalue weighted by molar-refractivity contribution is 5.61. The zero-order chi connectivity index (χ0) is 12.7. The first-order chi connectivity index (χ1) is 8.65. The first-order valence-corrected chi connectivity index (χ1v) is 5.53. The largest absolute Gasteiger partial charge is 0.353 e. The lowest BCUT2D eigenvalue weighted by atomic mass is 10.3. The molecule has 1 saturated heterocycles. The molecule has 0 aliphatic carbocycles. The number of halogens is 1. The Morgan fingerprint density at radius 2 is 2.39 bits per heavy atom. The molecule has 0 amide bonds. The molecule has 2 aromatic rings. The van der Waals surface area contributed by atoms with Gasteiger partial charge in [-0.05, 0) is 12.5 Å². The zero-order valence-corrected chi connectivity index (χ0v) is 9.36. The Hall–Kier alpha value is -2.25. The molecular weight excluding hydrogens is 241 g/mol. The standard InChI is InChI=1S/C10H10FN5O2/c11-7-1-3-14(6-7)9-2-4-15-10(13-9)8(5-12-15)16(17)18/h2,4-5,7H,1,3,6H2. The fraction of sp³-hybridized carbons (Fsp3) is 0.400. The van der Waals surface area contributed by atoms with Crippen molar-refractivity contribution in [3.05, 3.63) is 28.6 Å². The molecule has 0 aromatic carbocycles. The summed E-state index contributed by atoms with van der Waals surface area (Å²) in [5.74, 6) is 0.547. The number of nitro groups is 1. The van der Waals surface area contributed by atoms with Crippen molar-refractivity contribution in [2.75, 3.05) is 18.0 Å². The molecule has 1 atom stereocenters. The van der Waals surface area contributed by atoms with Gasteiger partial charge in [0.15, 0.2) is 0 Å². The molecule has 8 heteroatoms. The van der Waals surface area contributed by atoms with Crippen LogP contribution in [0.5, 0.6) is 0 Å². The molecule has 1 fully saturated rings. The minimum Gasteiger partial charge on any atom is -0.353 e. The number of fused-ring (bicyclic) bond motifs is 1. The van der Waals surface area contributed by atoms with Gasteiger partial charge in [0.25, 0.3) is 0 Å². The van der Waals surface area contributed by atoms with E-state index >= 15 is 0 Å². The Balaban J connectivity index is 2.04. The first-order valence-electron chi connectivity index (χ1n) is 5.53. The lowest BCUT2D eigenvalue weighted by molar-refractivity contribution is -0.383. The molecule has 0 saturated carbocycles. The van der Waals surface area contributed by atoms with Gasteiger partial charge < -0.3 is 4.90 Å². The minimum atomic E-state index is -0.858. The van der Waals surface area contributed by atoms with Crippen molar-refractivity contribution in [2.45, 2.75) is 12.6 Å². The van der Waals surface area contributed by atoms with Gasteiger partial charge in [-0.25, -0.2) is 13.9 Å². The molecule has 0 spiro atoms. The average Bonchev–Trinajstić information content (AvgIpc) is 2.93. The van der Waals surface area contributed by atoms with E-state index in [1.165, 1.54) is 4.52 Å². The van der Waals surface area contributed by atoms with Crippen molar-refractivity contribution in [1.29, 1.82) is 0 Å². The van der Waals surface area contributed by atoms with Gasteiger partial charge in [-0.15, -0.1) is 0 Å². The van der Waals surface area contributed by atoms with E-state index in [9.17, 15) is 14.5 Å². The van der Waals surface area contributed by atoms with Gasteiger partial charge in [0.05, 0.1) is 11.5 Å². The van der Waals surface area contributed by atoms with Crippen LogP contribution in [0.25, 0.3) is 5.65 Å². The maximum atomic E-state index is 13.1. The van der Waals surface area contributed by atoms with Crippen LogP contribution in [-0.2, 0) is 0 Å². The molecule has 1 aliphatic heterocycles. The van der Waals surface area contributed by atoms with Crippen molar-refractivity contribution >= 4 is 17.2 Å². The van der Waals surface area contributed by atoms with Gasteiger partial charge in [0.1, 0.15) is 18.2 Å². The molecule has 3 heterocycles. The molecule has 94 valence electrons.